The number of benzene rings is 3. The summed E-state index contributed by atoms with van der Waals surface area (Å²) in [7, 11) is 0. The maximum Gasteiger partial charge on any atom is 0.201 e. The van der Waals surface area contributed by atoms with Crippen molar-refractivity contribution in [2.75, 3.05) is 0 Å². The van der Waals surface area contributed by atoms with Crippen LogP contribution in [0.3, 0.4) is 0 Å². The second kappa shape index (κ2) is 3.94. The Labute approximate surface area is 115 Å². The topological polar surface area (TPSA) is 30.2 Å². The van der Waals surface area contributed by atoms with E-state index in [-0.39, 0.29) is 5.43 Å². The van der Waals surface area contributed by atoms with Crippen LogP contribution >= 0.6 is 0 Å². The van der Waals surface area contributed by atoms with Gasteiger partial charge < -0.3 is 4.42 Å². The van der Waals surface area contributed by atoms with Crippen LogP contribution in [0.15, 0.2) is 63.8 Å². The van der Waals surface area contributed by atoms with Crippen molar-refractivity contribution in [3.8, 4) is 0 Å². The number of rotatable bonds is 0. The highest BCUT2D eigenvalue weighted by molar-refractivity contribution is 6.08. The summed E-state index contributed by atoms with van der Waals surface area (Å²) in [5.41, 5.74) is 2.42. The van der Waals surface area contributed by atoms with Gasteiger partial charge in [-0.05, 0) is 41.5 Å². The molecule has 0 aliphatic carbocycles. The highest BCUT2D eigenvalue weighted by atomic mass is 16.3. The minimum atomic E-state index is 0.0399. The van der Waals surface area contributed by atoms with E-state index in [1.54, 1.807) is 0 Å². The molecule has 0 atom stereocenters. The summed E-state index contributed by atoms with van der Waals surface area (Å²) in [6.45, 7) is 1.99. The summed E-state index contributed by atoms with van der Waals surface area (Å²) in [6, 6.07) is 17.4. The summed E-state index contributed by atoms with van der Waals surface area (Å²) < 4.78 is 5.92. The average Bonchev–Trinajstić information content (AvgIpc) is 2.46. The Hall–Kier alpha value is -2.61. The minimum absolute atomic E-state index is 0.0399. The number of hydrogen-bond acceptors (Lipinski definition) is 2. The SMILES string of the molecule is Cc1ccc2c(=O)c3c(ccc4ccccc43)oc2c1. The zero-order valence-electron chi connectivity index (χ0n) is 11.0. The van der Waals surface area contributed by atoms with Gasteiger partial charge in [0, 0.05) is 0 Å². The Morgan fingerprint density at radius 2 is 1.70 bits per heavy atom. The van der Waals surface area contributed by atoms with Crippen molar-refractivity contribution >= 4 is 32.7 Å². The Bertz CT molecular complexity index is 1030. The van der Waals surface area contributed by atoms with Crippen LogP contribution in [0.5, 0.6) is 0 Å². The van der Waals surface area contributed by atoms with Crippen LogP contribution in [0.2, 0.25) is 0 Å². The van der Waals surface area contributed by atoms with Crippen molar-refractivity contribution in [2.45, 2.75) is 6.92 Å². The van der Waals surface area contributed by atoms with Gasteiger partial charge in [-0.3, -0.25) is 4.79 Å². The predicted octanol–water partition coefficient (Wildman–Crippen LogP) is 4.41. The van der Waals surface area contributed by atoms with Gasteiger partial charge in [0.05, 0.1) is 10.8 Å². The maximum absolute atomic E-state index is 12.8. The Kier molecular flexibility index (Phi) is 2.21. The summed E-state index contributed by atoms with van der Waals surface area (Å²) in [4.78, 5) is 12.8. The summed E-state index contributed by atoms with van der Waals surface area (Å²) >= 11 is 0. The molecular formula is C18H12O2. The number of hydrogen-bond donors (Lipinski definition) is 0. The molecule has 4 aromatic rings. The van der Waals surface area contributed by atoms with Crippen LogP contribution in [0.1, 0.15) is 5.56 Å². The quantitative estimate of drug-likeness (QED) is 0.346. The molecule has 3 aromatic carbocycles. The molecule has 96 valence electrons. The second-order valence-electron chi connectivity index (χ2n) is 5.09. The lowest BCUT2D eigenvalue weighted by atomic mass is 10.0. The lowest BCUT2D eigenvalue weighted by Crippen LogP contribution is -2.02. The van der Waals surface area contributed by atoms with Gasteiger partial charge in [-0.25, -0.2) is 0 Å². The first-order valence-corrected chi connectivity index (χ1v) is 6.59. The van der Waals surface area contributed by atoms with Gasteiger partial charge in [0.25, 0.3) is 0 Å². The van der Waals surface area contributed by atoms with Gasteiger partial charge in [0.2, 0.25) is 5.43 Å². The Morgan fingerprint density at radius 1 is 0.850 bits per heavy atom. The van der Waals surface area contributed by atoms with Crippen LogP contribution in [-0.2, 0) is 0 Å². The molecule has 20 heavy (non-hydrogen) atoms. The molecule has 0 spiro atoms. The van der Waals surface area contributed by atoms with Crippen molar-refractivity contribution in [3.05, 3.63) is 70.4 Å². The number of fused-ring (bicyclic) bond motifs is 4. The molecule has 0 unspecified atom stereocenters. The molecule has 1 aromatic heterocycles. The lowest BCUT2D eigenvalue weighted by molar-refractivity contribution is 0.660. The lowest BCUT2D eigenvalue weighted by Gasteiger charge is -2.05. The normalized spacial score (nSPS) is 11.4. The van der Waals surface area contributed by atoms with E-state index in [0.717, 1.165) is 16.3 Å². The zero-order chi connectivity index (χ0) is 13.7. The summed E-state index contributed by atoms with van der Waals surface area (Å²) in [5, 5.41) is 3.30. The monoisotopic (exact) mass is 260 g/mol. The van der Waals surface area contributed by atoms with Crippen LogP contribution in [-0.4, -0.2) is 0 Å². The fraction of sp³-hybridized carbons (Fsp3) is 0.0556. The molecule has 0 aliphatic heterocycles. The van der Waals surface area contributed by atoms with Crippen LogP contribution < -0.4 is 5.43 Å². The average molecular weight is 260 g/mol. The third kappa shape index (κ3) is 1.48. The van der Waals surface area contributed by atoms with Gasteiger partial charge in [0.15, 0.2) is 0 Å². The molecule has 2 heteroatoms. The third-order valence-electron chi connectivity index (χ3n) is 3.72. The standard InChI is InChI=1S/C18H12O2/c1-11-6-8-14-16(10-11)20-15-9-7-12-4-2-3-5-13(12)17(15)18(14)19/h2-10H,1H3. The van der Waals surface area contributed by atoms with E-state index in [2.05, 4.69) is 0 Å². The molecule has 0 aliphatic rings. The largest absolute Gasteiger partial charge is 0.456 e. The van der Waals surface area contributed by atoms with E-state index in [1.165, 1.54) is 0 Å². The van der Waals surface area contributed by atoms with Gasteiger partial charge in [-0.15, -0.1) is 0 Å². The van der Waals surface area contributed by atoms with Crippen LogP contribution in [0, 0.1) is 6.92 Å². The molecule has 0 radical (unpaired) electrons. The summed E-state index contributed by atoms with van der Waals surface area (Å²) in [6.07, 6.45) is 0. The van der Waals surface area contributed by atoms with Gasteiger partial charge in [-0.2, -0.15) is 0 Å². The molecular weight excluding hydrogens is 248 g/mol. The van der Waals surface area contributed by atoms with Crippen LogP contribution in [0.4, 0.5) is 0 Å². The minimum Gasteiger partial charge on any atom is -0.456 e. The fourth-order valence-corrected chi connectivity index (χ4v) is 2.73. The van der Waals surface area contributed by atoms with Crippen molar-refractivity contribution < 1.29 is 4.42 Å². The van der Waals surface area contributed by atoms with Crippen LogP contribution in [0.25, 0.3) is 32.7 Å². The smallest absolute Gasteiger partial charge is 0.201 e. The van der Waals surface area contributed by atoms with Crippen molar-refractivity contribution in [3.63, 3.8) is 0 Å². The molecule has 0 fully saturated rings. The van der Waals surface area contributed by atoms with E-state index in [0.29, 0.717) is 21.9 Å². The van der Waals surface area contributed by atoms with E-state index in [1.807, 2.05) is 61.5 Å². The third-order valence-corrected chi connectivity index (χ3v) is 3.72. The number of aryl methyl sites for hydroxylation is 1. The maximum atomic E-state index is 12.8. The summed E-state index contributed by atoms with van der Waals surface area (Å²) in [5.74, 6) is 0. The fourth-order valence-electron chi connectivity index (χ4n) is 2.73. The van der Waals surface area contributed by atoms with Crippen molar-refractivity contribution in [1.29, 1.82) is 0 Å². The molecule has 0 saturated carbocycles. The molecule has 0 bridgehead atoms. The highest BCUT2D eigenvalue weighted by Gasteiger charge is 2.10. The molecule has 2 nitrogen and oxygen atoms in total. The van der Waals surface area contributed by atoms with Gasteiger partial charge in [-0.1, -0.05) is 36.4 Å². The van der Waals surface area contributed by atoms with Gasteiger partial charge >= 0.3 is 0 Å². The first kappa shape index (κ1) is 11.2. The molecule has 0 amide bonds. The Balaban J connectivity index is 2.33. The molecule has 1 heterocycles. The first-order chi connectivity index (χ1) is 9.74. The first-order valence-electron chi connectivity index (χ1n) is 6.59. The molecule has 4 rings (SSSR count). The highest BCUT2D eigenvalue weighted by Crippen LogP contribution is 2.26. The predicted molar refractivity (Wildman–Crippen MR) is 82.2 cm³/mol. The second-order valence-corrected chi connectivity index (χ2v) is 5.09. The van der Waals surface area contributed by atoms with E-state index in [9.17, 15) is 4.79 Å². The zero-order valence-corrected chi connectivity index (χ0v) is 11.0. The van der Waals surface area contributed by atoms with Gasteiger partial charge in [0.1, 0.15) is 11.2 Å². The van der Waals surface area contributed by atoms with Crippen molar-refractivity contribution in [1.82, 2.24) is 0 Å². The van der Waals surface area contributed by atoms with Crippen molar-refractivity contribution in [2.24, 2.45) is 0 Å². The Morgan fingerprint density at radius 3 is 2.60 bits per heavy atom. The molecule has 0 N–H and O–H groups in total. The van der Waals surface area contributed by atoms with E-state index < -0.39 is 0 Å². The van der Waals surface area contributed by atoms with E-state index >= 15 is 0 Å². The van der Waals surface area contributed by atoms with E-state index in [4.69, 9.17) is 4.42 Å². The molecule has 0 saturated heterocycles.